The van der Waals surface area contributed by atoms with Crippen LogP contribution >= 0.6 is 22.9 Å². The standard InChI is InChI=1S/C23H26ClN3O4S/c1-4-30-17-8-6-15(14-19(17)31-5-2)22(28)26-10-12-27(13-11-26)23-25-20-18(29-3)9-7-16(24)21(20)32-23/h6-9,14H,4-5,10-13H2,1-3H3. The van der Waals surface area contributed by atoms with Crippen molar-refractivity contribution in [2.75, 3.05) is 51.4 Å². The molecule has 32 heavy (non-hydrogen) atoms. The second kappa shape index (κ2) is 9.83. The highest BCUT2D eigenvalue weighted by Crippen LogP contribution is 2.39. The summed E-state index contributed by atoms with van der Waals surface area (Å²) >= 11 is 7.91. The van der Waals surface area contributed by atoms with E-state index in [2.05, 4.69) is 4.90 Å². The number of ether oxygens (including phenoxy) is 3. The summed E-state index contributed by atoms with van der Waals surface area (Å²) in [7, 11) is 1.63. The Hall–Kier alpha value is -2.71. The molecule has 9 heteroatoms. The van der Waals surface area contributed by atoms with E-state index < -0.39 is 0 Å². The number of halogens is 1. The maximum Gasteiger partial charge on any atom is 0.254 e. The number of carbonyl (C=O) groups is 1. The number of hydrogen-bond donors (Lipinski definition) is 0. The number of fused-ring (bicyclic) bond motifs is 1. The fraction of sp³-hybridized carbons (Fsp3) is 0.391. The van der Waals surface area contributed by atoms with Crippen molar-refractivity contribution in [2.45, 2.75) is 13.8 Å². The van der Waals surface area contributed by atoms with Crippen LogP contribution in [0.25, 0.3) is 10.2 Å². The lowest BCUT2D eigenvalue weighted by Gasteiger charge is -2.34. The lowest BCUT2D eigenvalue weighted by molar-refractivity contribution is 0.0746. The Bertz CT molecular complexity index is 1110. The molecule has 1 aliphatic rings. The van der Waals surface area contributed by atoms with Gasteiger partial charge in [0.25, 0.3) is 5.91 Å². The molecule has 1 amide bonds. The van der Waals surface area contributed by atoms with Gasteiger partial charge in [0.2, 0.25) is 0 Å². The van der Waals surface area contributed by atoms with Crippen LogP contribution in [0.5, 0.6) is 17.2 Å². The van der Waals surface area contributed by atoms with Crippen LogP contribution < -0.4 is 19.1 Å². The minimum Gasteiger partial charge on any atom is -0.494 e. The van der Waals surface area contributed by atoms with E-state index in [4.69, 9.17) is 30.8 Å². The van der Waals surface area contributed by atoms with E-state index in [0.29, 0.717) is 67.2 Å². The zero-order valence-corrected chi connectivity index (χ0v) is 20.0. The predicted molar refractivity (Wildman–Crippen MR) is 128 cm³/mol. The summed E-state index contributed by atoms with van der Waals surface area (Å²) in [6.07, 6.45) is 0. The summed E-state index contributed by atoms with van der Waals surface area (Å²) in [6.45, 7) is 7.48. The number of nitrogens with zero attached hydrogens (tertiary/aromatic N) is 3. The molecule has 3 aromatic rings. The average Bonchev–Trinajstić information content (AvgIpc) is 3.27. The lowest BCUT2D eigenvalue weighted by Crippen LogP contribution is -2.48. The number of anilines is 1. The molecule has 1 aliphatic heterocycles. The molecule has 170 valence electrons. The molecule has 0 atom stereocenters. The summed E-state index contributed by atoms with van der Waals surface area (Å²) < 4.78 is 17.6. The second-order valence-corrected chi connectivity index (χ2v) is 8.62. The molecular weight excluding hydrogens is 450 g/mol. The van der Waals surface area contributed by atoms with Gasteiger partial charge in [-0.3, -0.25) is 4.79 Å². The number of carbonyl (C=O) groups excluding carboxylic acids is 1. The van der Waals surface area contributed by atoms with E-state index in [1.54, 1.807) is 36.6 Å². The predicted octanol–water partition coefficient (Wildman–Crippen LogP) is 4.72. The number of aromatic nitrogens is 1. The van der Waals surface area contributed by atoms with Gasteiger partial charge in [-0.1, -0.05) is 22.9 Å². The van der Waals surface area contributed by atoms with E-state index in [1.807, 2.05) is 30.9 Å². The van der Waals surface area contributed by atoms with Gasteiger partial charge in [0.05, 0.1) is 30.0 Å². The fourth-order valence-corrected chi connectivity index (χ4v) is 5.02. The molecule has 0 bridgehead atoms. The smallest absolute Gasteiger partial charge is 0.254 e. The first kappa shape index (κ1) is 22.5. The summed E-state index contributed by atoms with van der Waals surface area (Å²) in [5, 5.41) is 1.55. The second-order valence-electron chi connectivity index (χ2n) is 7.23. The Morgan fingerprint density at radius 2 is 1.72 bits per heavy atom. The Morgan fingerprint density at radius 3 is 2.41 bits per heavy atom. The molecule has 4 rings (SSSR count). The first-order chi connectivity index (χ1) is 15.5. The van der Waals surface area contributed by atoms with Gasteiger partial charge in [0.15, 0.2) is 16.6 Å². The van der Waals surface area contributed by atoms with Crippen LogP contribution in [0.15, 0.2) is 30.3 Å². The highest BCUT2D eigenvalue weighted by molar-refractivity contribution is 7.22. The third-order valence-electron chi connectivity index (χ3n) is 5.29. The van der Waals surface area contributed by atoms with Crippen molar-refractivity contribution in [1.82, 2.24) is 9.88 Å². The van der Waals surface area contributed by atoms with Crippen LogP contribution in [0.3, 0.4) is 0 Å². The number of piperazine rings is 1. The van der Waals surface area contributed by atoms with Crippen LogP contribution in [0, 0.1) is 0 Å². The molecule has 0 saturated carbocycles. The summed E-state index contributed by atoms with van der Waals surface area (Å²) in [4.78, 5) is 21.9. The van der Waals surface area contributed by atoms with Crippen molar-refractivity contribution < 1.29 is 19.0 Å². The zero-order valence-electron chi connectivity index (χ0n) is 18.4. The molecule has 0 N–H and O–H groups in total. The van der Waals surface area contributed by atoms with Crippen LogP contribution in [-0.4, -0.2) is 62.3 Å². The fourth-order valence-electron chi connectivity index (χ4n) is 3.71. The lowest BCUT2D eigenvalue weighted by atomic mass is 10.1. The van der Waals surface area contributed by atoms with Gasteiger partial charge < -0.3 is 24.0 Å². The third-order valence-corrected chi connectivity index (χ3v) is 6.87. The Labute approximate surface area is 196 Å². The molecule has 1 saturated heterocycles. The van der Waals surface area contributed by atoms with Gasteiger partial charge >= 0.3 is 0 Å². The number of rotatable bonds is 7. The molecule has 0 spiro atoms. The summed E-state index contributed by atoms with van der Waals surface area (Å²) in [5.74, 6) is 1.95. The first-order valence-corrected chi connectivity index (χ1v) is 11.8. The highest BCUT2D eigenvalue weighted by Gasteiger charge is 2.25. The Balaban J connectivity index is 1.47. The van der Waals surface area contributed by atoms with Gasteiger partial charge in [-0.2, -0.15) is 0 Å². The van der Waals surface area contributed by atoms with Gasteiger partial charge in [-0.25, -0.2) is 4.98 Å². The van der Waals surface area contributed by atoms with Gasteiger partial charge in [0.1, 0.15) is 11.3 Å². The molecule has 2 heterocycles. The zero-order chi connectivity index (χ0) is 22.7. The number of methoxy groups -OCH3 is 1. The molecule has 7 nitrogen and oxygen atoms in total. The summed E-state index contributed by atoms with van der Waals surface area (Å²) in [6, 6.07) is 9.03. The highest BCUT2D eigenvalue weighted by atomic mass is 35.5. The van der Waals surface area contributed by atoms with Gasteiger partial charge in [-0.15, -0.1) is 0 Å². The van der Waals surface area contributed by atoms with Crippen molar-refractivity contribution in [3.8, 4) is 17.2 Å². The van der Waals surface area contributed by atoms with E-state index in [9.17, 15) is 4.79 Å². The number of amides is 1. The maximum absolute atomic E-state index is 13.1. The SMILES string of the molecule is CCOc1ccc(C(=O)N2CCN(c3nc4c(OC)ccc(Cl)c4s3)CC2)cc1OCC. The Morgan fingerprint density at radius 1 is 1.03 bits per heavy atom. The number of hydrogen-bond acceptors (Lipinski definition) is 7. The molecule has 2 aromatic carbocycles. The summed E-state index contributed by atoms with van der Waals surface area (Å²) in [5.41, 5.74) is 1.37. The van der Waals surface area contributed by atoms with Crippen molar-refractivity contribution >= 4 is 44.2 Å². The van der Waals surface area contributed by atoms with Crippen LogP contribution in [-0.2, 0) is 0 Å². The monoisotopic (exact) mass is 475 g/mol. The maximum atomic E-state index is 13.1. The minimum absolute atomic E-state index is 0.0114. The van der Waals surface area contributed by atoms with E-state index >= 15 is 0 Å². The van der Waals surface area contributed by atoms with Gasteiger partial charge in [0, 0.05) is 31.7 Å². The van der Waals surface area contributed by atoms with E-state index in [-0.39, 0.29) is 5.91 Å². The molecular formula is C23H26ClN3O4S. The van der Waals surface area contributed by atoms with Crippen LogP contribution in [0.1, 0.15) is 24.2 Å². The van der Waals surface area contributed by atoms with Crippen LogP contribution in [0.2, 0.25) is 5.02 Å². The van der Waals surface area contributed by atoms with E-state index in [0.717, 1.165) is 15.3 Å². The third kappa shape index (κ3) is 4.42. The van der Waals surface area contributed by atoms with Crippen molar-refractivity contribution in [3.63, 3.8) is 0 Å². The van der Waals surface area contributed by atoms with Crippen LogP contribution in [0.4, 0.5) is 5.13 Å². The topological polar surface area (TPSA) is 64.1 Å². The quantitative estimate of drug-likeness (QED) is 0.492. The van der Waals surface area contributed by atoms with Crippen molar-refractivity contribution in [1.29, 1.82) is 0 Å². The molecule has 1 fully saturated rings. The number of benzene rings is 2. The number of thiazole rings is 1. The van der Waals surface area contributed by atoms with E-state index in [1.165, 1.54) is 0 Å². The average molecular weight is 476 g/mol. The normalized spacial score (nSPS) is 14.0. The molecule has 1 aromatic heterocycles. The van der Waals surface area contributed by atoms with Crippen molar-refractivity contribution in [2.24, 2.45) is 0 Å². The van der Waals surface area contributed by atoms with Gasteiger partial charge in [-0.05, 0) is 44.2 Å². The minimum atomic E-state index is -0.0114. The molecule has 0 radical (unpaired) electrons. The largest absolute Gasteiger partial charge is 0.494 e. The first-order valence-electron chi connectivity index (χ1n) is 10.6. The Kier molecular flexibility index (Phi) is 6.91. The van der Waals surface area contributed by atoms with Crippen molar-refractivity contribution in [3.05, 3.63) is 40.9 Å². The molecule has 0 unspecified atom stereocenters. The molecule has 0 aliphatic carbocycles.